The predicted octanol–water partition coefficient (Wildman–Crippen LogP) is 5.51. The summed E-state index contributed by atoms with van der Waals surface area (Å²) in [5.41, 5.74) is 6.14. The van der Waals surface area contributed by atoms with E-state index in [0.717, 1.165) is 36.8 Å². The SMILES string of the molecule is Cc1ccc(C)c(N2C(=O)C(=O)/C(=C(\O)c3ccc4c(c3)CCCC4)C2c2ccc(O)cc2)c1. The number of aryl methyl sites for hydroxylation is 4. The Labute approximate surface area is 199 Å². The van der Waals surface area contributed by atoms with Crippen molar-refractivity contribution in [3.63, 3.8) is 0 Å². The number of hydrogen-bond acceptors (Lipinski definition) is 4. The van der Waals surface area contributed by atoms with E-state index >= 15 is 0 Å². The highest BCUT2D eigenvalue weighted by Gasteiger charge is 2.47. The normalized spacial score (nSPS) is 19.4. The second kappa shape index (κ2) is 8.49. The van der Waals surface area contributed by atoms with Gasteiger partial charge in [-0.2, -0.15) is 0 Å². The van der Waals surface area contributed by atoms with Gasteiger partial charge in [0.1, 0.15) is 11.5 Å². The summed E-state index contributed by atoms with van der Waals surface area (Å²) >= 11 is 0. The Kier molecular flexibility index (Phi) is 5.48. The van der Waals surface area contributed by atoms with Crippen LogP contribution in [0.25, 0.3) is 5.76 Å². The third-order valence-electron chi connectivity index (χ3n) is 6.90. The number of anilines is 1. The van der Waals surface area contributed by atoms with Crippen molar-refractivity contribution in [2.24, 2.45) is 0 Å². The molecule has 3 aromatic rings. The standard InChI is InChI=1S/C29H27NO4/c1-17-7-8-18(2)24(15-17)30-26(20-11-13-23(31)14-12-20)25(28(33)29(30)34)27(32)22-10-9-19-5-3-4-6-21(19)16-22/h7-16,26,31-32H,3-6H2,1-2H3/b27-25-. The Morgan fingerprint density at radius 3 is 2.32 bits per heavy atom. The van der Waals surface area contributed by atoms with Crippen LogP contribution in [0.1, 0.15) is 52.3 Å². The van der Waals surface area contributed by atoms with Crippen LogP contribution in [-0.4, -0.2) is 21.9 Å². The first kappa shape index (κ1) is 22.0. The number of nitrogens with zero attached hydrogens (tertiary/aromatic N) is 1. The summed E-state index contributed by atoms with van der Waals surface area (Å²) in [6, 6.07) is 17.2. The van der Waals surface area contributed by atoms with E-state index in [1.165, 1.54) is 28.2 Å². The van der Waals surface area contributed by atoms with Crippen molar-refractivity contribution < 1.29 is 19.8 Å². The Balaban J connectivity index is 1.72. The lowest BCUT2D eigenvalue weighted by Gasteiger charge is -2.27. The monoisotopic (exact) mass is 453 g/mol. The number of amides is 1. The quantitative estimate of drug-likeness (QED) is 0.311. The molecule has 5 nitrogen and oxygen atoms in total. The highest BCUT2D eigenvalue weighted by Crippen LogP contribution is 2.43. The minimum atomic E-state index is -0.808. The lowest BCUT2D eigenvalue weighted by molar-refractivity contribution is -0.132. The van der Waals surface area contributed by atoms with Crippen molar-refractivity contribution in [3.8, 4) is 5.75 Å². The van der Waals surface area contributed by atoms with E-state index in [-0.39, 0.29) is 17.1 Å². The number of aliphatic hydroxyl groups is 1. The molecule has 5 heteroatoms. The van der Waals surface area contributed by atoms with Gasteiger partial charge in [-0.1, -0.05) is 36.4 Å². The van der Waals surface area contributed by atoms with Crippen LogP contribution in [0.5, 0.6) is 5.75 Å². The number of aromatic hydroxyl groups is 1. The molecule has 0 radical (unpaired) electrons. The summed E-state index contributed by atoms with van der Waals surface area (Å²) in [4.78, 5) is 28.2. The van der Waals surface area contributed by atoms with E-state index in [1.54, 1.807) is 12.1 Å². The number of benzene rings is 3. The summed E-state index contributed by atoms with van der Waals surface area (Å²) in [5, 5.41) is 21.2. The molecular weight excluding hydrogens is 426 g/mol. The zero-order valence-electron chi connectivity index (χ0n) is 19.3. The zero-order chi connectivity index (χ0) is 24.0. The van der Waals surface area contributed by atoms with Crippen molar-refractivity contribution in [3.05, 3.63) is 99.6 Å². The van der Waals surface area contributed by atoms with Crippen LogP contribution in [0.2, 0.25) is 0 Å². The fourth-order valence-corrected chi connectivity index (χ4v) is 5.07. The van der Waals surface area contributed by atoms with Crippen molar-refractivity contribution >= 4 is 23.1 Å². The van der Waals surface area contributed by atoms with Gasteiger partial charge in [-0.25, -0.2) is 0 Å². The van der Waals surface area contributed by atoms with Crippen molar-refractivity contribution in [2.45, 2.75) is 45.6 Å². The highest BCUT2D eigenvalue weighted by molar-refractivity contribution is 6.51. The second-order valence-electron chi connectivity index (χ2n) is 9.24. The first-order valence-corrected chi connectivity index (χ1v) is 11.6. The summed E-state index contributed by atoms with van der Waals surface area (Å²) in [6.45, 7) is 3.83. The lowest BCUT2D eigenvalue weighted by Crippen LogP contribution is -2.30. The molecule has 1 amide bonds. The smallest absolute Gasteiger partial charge is 0.300 e. The van der Waals surface area contributed by atoms with Gasteiger partial charge in [0.15, 0.2) is 0 Å². The molecule has 1 unspecified atom stereocenters. The highest BCUT2D eigenvalue weighted by atomic mass is 16.3. The number of phenolic OH excluding ortho intramolecular Hbond substituents is 1. The molecule has 1 aliphatic heterocycles. The topological polar surface area (TPSA) is 77.8 Å². The molecule has 0 aromatic heterocycles. The summed E-state index contributed by atoms with van der Waals surface area (Å²) in [5.74, 6) is -1.47. The number of Topliss-reactive ketones (excluding diaryl/α,β-unsaturated/α-hetero) is 1. The van der Waals surface area contributed by atoms with Gasteiger partial charge in [-0.15, -0.1) is 0 Å². The average Bonchev–Trinajstić information content (AvgIpc) is 3.10. The molecule has 0 spiro atoms. The molecule has 2 aliphatic rings. The van der Waals surface area contributed by atoms with Crippen LogP contribution < -0.4 is 4.90 Å². The molecule has 1 atom stereocenters. The maximum Gasteiger partial charge on any atom is 0.300 e. The van der Waals surface area contributed by atoms with Gasteiger partial charge in [0, 0.05) is 11.3 Å². The van der Waals surface area contributed by atoms with E-state index in [4.69, 9.17) is 0 Å². The van der Waals surface area contributed by atoms with Gasteiger partial charge in [-0.3, -0.25) is 14.5 Å². The fourth-order valence-electron chi connectivity index (χ4n) is 5.07. The van der Waals surface area contributed by atoms with Crippen LogP contribution in [0.4, 0.5) is 5.69 Å². The third-order valence-corrected chi connectivity index (χ3v) is 6.90. The van der Waals surface area contributed by atoms with Gasteiger partial charge in [0.25, 0.3) is 11.7 Å². The summed E-state index contributed by atoms with van der Waals surface area (Å²) in [7, 11) is 0. The minimum Gasteiger partial charge on any atom is -0.508 e. The van der Waals surface area contributed by atoms with Crippen LogP contribution >= 0.6 is 0 Å². The van der Waals surface area contributed by atoms with Gasteiger partial charge in [0.2, 0.25) is 0 Å². The molecule has 2 N–H and O–H groups in total. The number of aliphatic hydroxyl groups excluding tert-OH is 1. The number of hydrogen-bond donors (Lipinski definition) is 2. The number of ketones is 1. The molecule has 1 fully saturated rings. The van der Waals surface area contributed by atoms with E-state index in [2.05, 4.69) is 0 Å². The number of carbonyl (C=O) groups excluding carboxylic acids is 2. The Morgan fingerprint density at radius 2 is 1.59 bits per heavy atom. The van der Waals surface area contributed by atoms with Crippen molar-refractivity contribution in [1.82, 2.24) is 0 Å². The van der Waals surface area contributed by atoms with E-state index in [9.17, 15) is 19.8 Å². The molecular formula is C29H27NO4. The number of rotatable bonds is 3. The van der Waals surface area contributed by atoms with E-state index < -0.39 is 17.7 Å². The van der Waals surface area contributed by atoms with Gasteiger partial charge >= 0.3 is 0 Å². The fraction of sp³-hybridized carbons (Fsp3) is 0.241. The molecule has 3 aromatic carbocycles. The molecule has 34 heavy (non-hydrogen) atoms. The lowest BCUT2D eigenvalue weighted by atomic mass is 9.88. The maximum absolute atomic E-state index is 13.4. The zero-order valence-corrected chi connectivity index (χ0v) is 19.3. The van der Waals surface area contributed by atoms with Crippen LogP contribution in [0.3, 0.4) is 0 Å². The van der Waals surface area contributed by atoms with Crippen molar-refractivity contribution in [2.75, 3.05) is 4.90 Å². The largest absolute Gasteiger partial charge is 0.508 e. The summed E-state index contributed by atoms with van der Waals surface area (Å²) < 4.78 is 0. The third kappa shape index (κ3) is 3.67. The summed E-state index contributed by atoms with van der Waals surface area (Å²) in [6.07, 6.45) is 4.21. The molecule has 0 saturated carbocycles. The first-order valence-electron chi connectivity index (χ1n) is 11.6. The van der Waals surface area contributed by atoms with Crippen LogP contribution in [0.15, 0.2) is 66.2 Å². The number of fused-ring (bicyclic) bond motifs is 1. The molecule has 1 aliphatic carbocycles. The predicted molar refractivity (Wildman–Crippen MR) is 132 cm³/mol. The Morgan fingerprint density at radius 1 is 0.882 bits per heavy atom. The van der Waals surface area contributed by atoms with Gasteiger partial charge in [0.05, 0.1) is 11.6 Å². The molecule has 5 rings (SSSR count). The second-order valence-corrected chi connectivity index (χ2v) is 9.24. The average molecular weight is 454 g/mol. The minimum absolute atomic E-state index is 0.0624. The molecule has 1 heterocycles. The van der Waals surface area contributed by atoms with Gasteiger partial charge in [-0.05, 0) is 91.6 Å². The van der Waals surface area contributed by atoms with Crippen LogP contribution in [0, 0.1) is 13.8 Å². The van der Waals surface area contributed by atoms with E-state index in [0.29, 0.717) is 16.8 Å². The Bertz CT molecular complexity index is 1340. The molecule has 1 saturated heterocycles. The Hall–Kier alpha value is -3.86. The number of phenols is 1. The first-order chi connectivity index (χ1) is 16.3. The van der Waals surface area contributed by atoms with Crippen LogP contribution in [-0.2, 0) is 22.4 Å². The molecule has 172 valence electrons. The molecule has 0 bridgehead atoms. The van der Waals surface area contributed by atoms with Crippen molar-refractivity contribution in [1.29, 1.82) is 0 Å². The van der Waals surface area contributed by atoms with E-state index in [1.807, 2.05) is 50.2 Å². The number of carbonyl (C=O) groups is 2. The maximum atomic E-state index is 13.4. The van der Waals surface area contributed by atoms with Gasteiger partial charge < -0.3 is 10.2 Å².